The van der Waals surface area contributed by atoms with E-state index < -0.39 is 18.4 Å². The van der Waals surface area contributed by atoms with Crippen molar-refractivity contribution in [1.29, 1.82) is 0 Å². The van der Waals surface area contributed by atoms with Gasteiger partial charge in [-0.25, -0.2) is 4.79 Å². The fraction of sp³-hybridized carbons (Fsp3) is 0.217. The van der Waals surface area contributed by atoms with Crippen molar-refractivity contribution in [2.24, 2.45) is 0 Å². The van der Waals surface area contributed by atoms with Gasteiger partial charge in [0.1, 0.15) is 23.7 Å². The van der Waals surface area contributed by atoms with Crippen LogP contribution in [0.5, 0.6) is 11.5 Å². The molecule has 1 N–H and O–H groups in total. The molecule has 0 bridgehead atoms. The Labute approximate surface area is 173 Å². The topological polar surface area (TPSA) is 95.2 Å². The first kappa shape index (κ1) is 21.1. The number of fused-ring (bicyclic) bond motifs is 1. The van der Waals surface area contributed by atoms with Gasteiger partial charge < -0.3 is 23.7 Å². The minimum absolute atomic E-state index is 0.237. The maximum atomic E-state index is 12.7. The molecular weight excluding hydrogens is 388 g/mol. The number of aliphatic hydroxyl groups excluding tert-OH is 1. The fourth-order valence-electron chi connectivity index (χ4n) is 3.15. The summed E-state index contributed by atoms with van der Waals surface area (Å²) in [7, 11) is 4.35. The number of aliphatic hydroxyl groups is 1. The Hall–Kier alpha value is -3.58. The van der Waals surface area contributed by atoms with Crippen LogP contribution in [0, 0.1) is 6.92 Å². The molecular formula is C23H22O7. The molecule has 0 fully saturated rings. The van der Waals surface area contributed by atoms with Crippen molar-refractivity contribution in [3.63, 3.8) is 0 Å². The Morgan fingerprint density at radius 1 is 1.07 bits per heavy atom. The lowest BCUT2D eigenvalue weighted by Crippen LogP contribution is -2.02. The lowest BCUT2D eigenvalue weighted by molar-refractivity contribution is -0.117. The smallest absolute Gasteiger partial charge is 0.342 e. The van der Waals surface area contributed by atoms with Crippen molar-refractivity contribution in [2.45, 2.75) is 6.92 Å². The van der Waals surface area contributed by atoms with E-state index in [1.807, 2.05) is 19.1 Å². The van der Waals surface area contributed by atoms with Crippen LogP contribution in [-0.4, -0.2) is 44.8 Å². The summed E-state index contributed by atoms with van der Waals surface area (Å²) in [6, 6.07) is 8.85. The van der Waals surface area contributed by atoms with Gasteiger partial charge in [-0.15, -0.1) is 0 Å². The lowest BCUT2D eigenvalue weighted by Gasteiger charge is -2.07. The third kappa shape index (κ3) is 3.92. The first-order chi connectivity index (χ1) is 14.4. The Kier molecular flexibility index (Phi) is 6.23. The number of furan rings is 1. The third-order valence-corrected chi connectivity index (χ3v) is 4.67. The van der Waals surface area contributed by atoms with Crippen molar-refractivity contribution in [3.8, 4) is 22.8 Å². The number of ether oxygens (including phenoxy) is 3. The molecule has 2 aromatic carbocycles. The van der Waals surface area contributed by atoms with E-state index in [1.54, 1.807) is 25.3 Å². The molecule has 1 heterocycles. The molecule has 1 aromatic heterocycles. The molecule has 0 atom stereocenters. The molecule has 156 valence electrons. The highest BCUT2D eigenvalue weighted by atomic mass is 16.5. The van der Waals surface area contributed by atoms with Crippen LogP contribution in [0.25, 0.3) is 28.4 Å². The maximum Gasteiger partial charge on any atom is 0.342 e. The number of carbonyl (C=O) groups is 2. The largest absolute Gasteiger partial charge is 0.496 e. The van der Waals surface area contributed by atoms with Crippen molar-refractivity contribution in [2.75, 3.05) is 27.9 Å². The number of hydrogen-bond acceptors (Lipinski definition) is 7. The standard InChI is InChI=1S/C23H22O7/c1-13-5-7-15(11-18(13)27-2)21-20(23(26)29-4)17-9-14(6-8-16(25)12-24)10-19(28-3)22(17)30-21/h5-11,24H,12H2,1-4H3/b8-6+. The predicted octanol–water partition coefficient (Wildman–Crippen LogP) is 3.79. The van der Waals surface area contributed by atoms with E-state index in [0.29, 0.717) is 39.4 Å². The first-order valence-corrected chi connectivity index (χ1v) is 9.13. The highest BCUT2D eigenvalue weighted by Crippen LogP contribution is 2.40. The summed E-state index contributed by atoms with van der Waals surface area (Å²) in [6.45, 7) is 1.33. The van der Waals surface area contributed by atoms with Crippen molar-refractivity contribution >= 4 is 28.8 Å². The van der Waals surface area contributed by atoms with Gasteiger partial charge in [-0.1, -0.05) is 18.2 Å². The van der Waals surface area contributed by atoms with E-state index >= 15 is 0 Å². The Balaban J connectivity index is 2.29. The van der Waals surface area contributed by atoms with Gasteiger partial charge in [-0.05, 0) is 42.3 Å². The lowest BCUT2D eigenvalue weighted by atomic mass is 10.0. The highest BCUT2D eigenvalue weighted by molar-refractivity contribution is 6.10. The van der Waals surface area contributed by atoms with Crippen molar-refractivity contribution < 1.29 is 33.3 Å². The number of rotatable bonds is 7. The average molecular weight is 410 g/mol. The highest BCUT2D eigenvalue weighted by Gasteiger charge is 2.25. The zero-order valence-corrected chi connectivity index (χ0v) is 17.1. The van der Waals surface area contributed by atoms with Gasteiger partial charge in [0.2, 0.25) is 0 Å². The Morgan fingerprint density at radius 2 is 1.80 bits per heavy atom. The number of ketones is 1. The number of benzene rings is 2. The molecule has 3 aromatic rings. The zero-order chi connectivity index (χ0) is 21.8. The number of methoxy groups -OCH3 is 3. The van der Waals surface area contributed by atoms with Crippen LogP contribution in [0.15, 0.2) is 40.8 Å². The van der Waals surface area contributed by atoms with Gasteiger partial charge in [-0.3, -0.25) is 4.79 Å². The van der Waals surface area contributed by atoms with Crippen LogP contribution in [0.2, 0.25) is 0 Å². The van der Waals surface area contributed by atoms with Crippen LogP contribution >= 0.6 is 0 Å². The molecule has 30 heavy (non-hydrogen) atoms. The summed E-state index contributed by atoms with van der Waals surface area (Å²) in [4.78, 5) is 24.1. The summed E-state index contributed by atoms with van der Waals surface area (Å²) >= 11 is 0. The molecule has 0 saturated carbocycles. The second kappa shape index (κ2) is 8.84. The van der Waals surface area contributed by atoms with E-state index in [9.17, 15) is 9.59 Å². The van der Waals surface area contributed by atoms with Gasteiger partial charge in [0.15, 0.2) is 17.1 Å². The molecule has 7 heteroatoms. The summed E-state index contributed by atoms with van der Waals surface area (Å²) < 4.78 is 21.9. The molecule has 3 rings (SSSR count). The van der Waals surface area contributed by atoms with Gasteiger partial charge in [0.25, 0.3) is 0 Å². The number of hydrogen-bond donors (Lipinski definition) is 1. The molecule has 0 unspecified atom stereocenters. The fourth-order valence-corrected chi connectivity index (χ4v) is 3.15. The van der Waals surface area contributed by atoms with E-state index in [4.69, 9.17) is 23.7 Å². The molecule has 0 aliphatic heterocycles. The van der Waals surface area contributed by atoms with Crippen LogP contribution in [0.4, 0.5) is 0 Å². The third-order valence-electron chi connectivity index (χ3n) is 4.67. The quantitative estimate of drug-likeness (QED) is 0.468. The zero-order valence-electron chi connectivity index (χ0n) is 17.1. The average Bonchev–Trinajstić information content (AvgIpc) is 3.16. The van der Waals surface area contributed by atoms with Gasteiger partial charge in [0, 0.05) is 10.9 Å². The van der Waals surface area contributed by atoms with E-state index in [1.165, 1.54) is 26.4 Å². The monoisotopic (exact) mass is 410 g/mol. The summed E-state index contributed by atoms with van der Waals surface area (Å²) in [6.07, 6.45) is 2.79. The maximum absolute atomic E-state index is 12.7. The number of esters is 1. The molecule has 0 amide bonds. The van der Waals surface area contributed by atoms with E-state index in [2.05, 4.69) is 0 Å². The summed E-state index contributed by atoms with van der Waals surface area (Å²) in [5.74, 6) is 0.349. The van der Waals surface area contributed by atoms with Crippen LogP contribution in [0.3, 0.4) is 0 Å². The van der Waals surface area contributed by atoms with Gasteiger partial charge in [-0.2, -0.15) is 0 Å². The Bertz CT molecular complexity index is 1140. The normalized spacial score (nSPS) is 11.1. The molecule has 0 radical (unpaired) electrons. The van der Waals surface area contributed by atoms with Crippen LogP contribution < -0.4 is 9.47 Å². The van der Waals surface area contributed by atoms with Gasteiger partial charge >= 0.3 is 5.97 Å². The number of carbonyl (C=O) groups excluding carboxylic acids is 2. The van der Waals surface area contributed by atoms with Crippen LogP contribution in [0.1, 0.15) is 21.5 Å². The summed E-state index contributed by atoms with van der Waals surface area (Å²) in [5.41, 5.74) is 2.79. The second-order valence-electron chi connectivity index (χ2n) is 6.54. The first-order valence-electron chi connectivity index (χ1n) is 9.13. The minimum Gasteiger partial charge on any atom is -0.496 e. The minimum atomic E-state index is -0.589. The number of aryl methyl sites for hydroxylation is 1. The van der Waals surface area contributed by atoms with Crippen LogP contribution in [-0.2, 0) is 9.53 Å². The molecule has 7 nitrogen and oxygen atoms in total. The Morgan fingerprint density at radius 3 is 2.43 bits per heavy atom. The predicted molar refractivity (Wildman–Crippen MR) is 112 cm³/mol. The molecule has 0 spiro atoms. The van der Waals surface area contributed by atoms with Gasteiger partial charge in [0.05, 0.1) is 21.3 Å². The second-order valence-corrected chi connectivity index (χ2v) is 6.54. The molecule has 0 aliphatic carbocycles. The SMILES string of the molecule is COC(=O)c1c(-c2ccc(C)c(OC)c2)oc2c(OC)cc(/C=C/C(=O)CO)cc12. The van der Waals surface area contributed by atoms with Crippen molar-refractivity contribution in [3.05, 3.63) is 53.1 Å². The molecule has 0 saturated heterocycles. The van der Waals surface area contributed by atoms with E-state index in [-0.39, 0.29) is 5.56 Å². The van der Waals surface area contributed by atoms with Crippen molar-refractivity contribution in [1.82, 2.24) is 0 Å². The molecule has 0 aliphatic rings. The summed E-state index contributed by atoms with van der Waals surface area (Å²) in [5, 5.41) is 9.39. The van der Waals surface area contributed by atoms with E-state index in [0.717, 1.165) is 5.56 Å².